The number of anilines is 1. The number of hydrogen-bond acceptors (Lipinski definition) is 8. The summed E-state index contributed by atoms with van der Waals surface area (Å²) in [7, 11) is -3.16. The van der Waals surface area contributed by atoms with Gasteiger partial charge in [-0.1, -0.05) is 11.6 Å². The SMILES string of the molecule is CCOC(=O)C1CC(OC2=CS(=O)(=O)C2)=NN1c1ncccc1Cl. The molecule has 0 fully saturated rings. The highest BCUT2D eigenvalue weighted by atomic mass is 35.5. The quantitative estimate of drug-likeness (QED) is 0.739. The van der Waals surface area contributed by atoms with Crippen molar-refractivity contribution in [3.63, 3.8) is 0 Å². The fraction of sp³-hybridized carbons (Fsp3) is 0.357. The minimum atomic E-state index is -3.16. The van der Waals surface area contributed by atoms with Crippen LogP contribution in [-0.2, 0) is 24.1 Å². The van der Waals surface area contributed by atoms with Gasteiger partial charge in [-0.3, -0.25) is 0 Å². The highest BCUT2D eigenvalue weighted by molar-refractivity contribution is 7.95. The number of ether oxygens (including phenoxy) is 2. The molecule has 1 aromatic rings. The van der Waals surface area contributed by atoms with Crippen LogP contribution in [0.1, 0.15) is 13.3 Å². The highest BCUT2D eigenvalue weighted by Crippen LogP contribution is 2.31. The standard InChI is InChI=1S/C14H14ClN3O5S/c1-2-22-14(19)11-6-12(23-9-7-24(20,21)8-9)17-18(11)13-10(15)4-3-5-16-13/h3-5,7,11H,2,6,8H2,1H3. The Hall–Kier alpha value is -2.13. The number of esters is 1. The van der Waals surface area contributed by atoms with E-state index in [-0.39, 0.29) is 30.4 Å². The molecule has 0 aliphatic carbocycles. The van der Waals surface area contributed by atoms with E-state index in [4.69, 9.17) is 21.1 Å². The molecule has 3 rings (SSSR count). The first-order valence-corrected chi connectivity index (χ1v) is 9.24. The molecule has 128 valence electrons. The number of sulfone groups is 1. The van der Waals surface area contributed by atoms with Crippen LogP contribution >= 0.6 is 11.6 Å². The molecule has 0 N–H and O–H groups in total. The van der Waals surface area contributed by atoms with Gasteiger partial charge in [0.15, 0.2) is 21.7 Å². The zero-order chi connectivity index (χ0) is 17.3. The Morgan fingerprint density at radius 1 is 1.50 bits per heavy atom. The summed E-state index contributed by atoms with van der Waals surface area (Å²) in [5.41, 5.74) is 0. The zero-order valence-corrected chi connectivity index (χ0v) is 14.2. The van der Waals surface area contributed by atoms with E-state index in [9.17, 15) is 13.2 Å². The number of aromatic nitrogens is 1. The summed E-state index contributed by atoms with van der Waals surface area (Å²) in [6, 6.07) is 2.51. The number of halogens is 1. The smallest absolute Gasteiger partial charge is 0.331 e. The van der Waals surface area contributed by atoms with E-state index in [1.54, 1.807) is 19.1 Å². The number of rotatable bonds is 4. The Morgan fingerprint density at radius 2 is 2.25 bits per heavy atom. The Morgan fingerprint density at radius 3 is 2.88 bits per heavy atom. The molecule has 0 saturated heterocycles. The summed E-state index contributed by atoms with van der Waals surface area (Å²) in [5.74, 6) is 0.115. The average molecular weight is 372 g/mol. The number of carbonyl (C=O) groups is 1. The monoisotopic (exact) mass is 371 g/mol. The molecular weight excluding hydrogens is 358 g/mol. The van der Waals surface area contributed by atoms with Gasteiger partial charge in [0, 0.05) is 6.20 Å². The van der Waals surface area contributed by atoms with Crippen LogP contribution in [0.2, 0.25) is 5.02 Å². The summed E-state index contributed by atoms with van der Waals surface area (Å²) >= 11 is 6.12. The molecule has 0 spiro atoms. The first-order valence-electron chi connectivity index (χ1n) is 7.14. The number of nitrogens with zero attached hydrogens (tertiary/aromatic N) is 3. The minimum absolute atomic E-state index is 0.128. The summed E-state index contributed by atoms with van der Waals surface area (Å²) in [6.07, 6.45) is 1.65. The third-order valence-electron chi connectivity index (χ3n) is 3.30. The fourth-order valence-corrected chi connectivity index (χ4v) is 3.35. The number of hydrogen-bond donors (Lipinski definition) is 0. The molecule has 1 aromatic heterocycles. The lowest BCUT2D eigenvalue weighted by atomic mass is 10.2. The van der Waals surface area contributed by atoms with Gasteiger partial charge in [-0.2, -0.15) is 0 Å². The van der Waals surface area contributed by atoms with Crippen molar-refractivity contribution in [3.05, 3.63) is 34.5 Å². The Bertz CT molecular complexity index is 837. The molecule has 10 heteroatoms. The van der Waals surface area contributed by atoms with Gasteiger partial charge in [0.05, 0.1) is 23.5 Å². The van der Waals surface area contributed by atoms with Crippen LogP contribution in [0.4, 0.5) is 5.82 Å². The molecule has 1 unspecified atom stereocenters. The lowest BCUT2D eigenvalue weighted by Crippen LogP contribution is -2.36. The summed E-state index contributed by atoms with van der Waals surface area (Å²) in [4.78, 5) is 16.3. The Kier molecular flexibility index (Phi) is 4.46. The molecular formula is C14H14ClN3O5S. The van der Waals surface area contributed by atoms with E-state index in [0.717, 1.165) is 5.41 Å². The van der Waals surface area contributed by atoms with Crippen molar-refractivity contribution in [1.29, 1.82) is 0 Å². The van der Waals surface area contributed by atoms with Gasteiger partial charge in [-0.25, -0.2) is 23.2 Å². The van der Waals surface area contributed by atoms with Crippen molar-refractivity contribution in [3.8, 4) is 0 Å². The zero-order valence-electron chi connectivity index (χ0n) is 12.7. The average Bonchev–Trinajstić information content (AvgIpc) is 2.90. The molecule has 3 heterocycles. The van der Waals surface area contributed by atoms with E-state index < -0.39 is 21.8 Å². The van der Waals surface area contributed by atoms with Crippen molar-refractivity contribution >= 4 is 39.1 Å². The summed E-state index contributed by atoms with van der Waals surface area (Å²) in [5, 5.41) is 6.91. The second-order valence-corrected chi connectivity index (χ2v) is 7.37. The van der Waals surface area contributed by atoms with E-state index in [0.29, 0.717) is 10.8 Å². The molecule has 2 aliphatic rings. The number of pyridine rings is 1. The molecule has 0 saturated carbocycles. The first-order chi connectivity index (χ1) is 11.4. The van der Waals surface area contributed by atoms with Crippen LogP contribution in [0.5, 0.6) is 0 Å². The van der Waals surface area contributed by atoms with Crippen molar-refractivity contribution < 1.29 is 22.7 Å². The largest absolute Gasteiger partial charge is 0.464 e. The predicted molar refractivity (Wildman–Crippen MR) is 87.2 cm³/mol. The Balaban J connectivity index is 1.86. The van der Waals surface area contributed by atoms with Gasteiger partial charge in [0.2, 0.25) is 5.90 Å². The molecule has 0 radical (unpaired) electrons. The van der Waals surface area contributed by atoms with Crippen LogP contribution in [0.25, 0.3) is 0 Å². The Labute approximate surface area is 143 Å². The van der Waals surface area contributed by atoms with Gasteiger partial charge in [0.25, 0.3) is 0 Å². The van der Waals surface area contributed by atoms with Crippen molar-refractivity contribution in [2.24, 2.45) is 5.10 Å². The molecule has 0 bridgehead atoms. The normalized spacial score (nSPS) is 21.6. The summed E-state index contributed by atoms with van der Waals surface area (Å²) < 4.78 is 32.8. The topological polar surface area (TPSA) is 98.2 Å². The summed E-state index contributed by atoms with van der Waals surface area (Å²) in [6.45, 7) is 1.92. The van der Waals surface area contributed by atoms with Gasteiger partial charge in [0.1, 0.15) is 11.5 Å². The van der Waals surface area contributed by atoms with Gasteiger partial charge in [-0.15, -0.1) is 5.10 Å². The predicted octanol–water partition coefficient (Wildman–Crippen LogP) is 1.48. The van der Waals surface area contributed by atoms with Crippen LogP contribution in [-0.4, -0.2) is 43.7 Å². The maximum atomic E-state index is 12.2. The second kappa shape index (κ2) is 6.40. The molecule has 2 aliphatic heterocycles. The number of hydrazone groups is 1. The van der Waals surface area contributed by atoms with E-state index in [1.807, 2.05) is 0 Å². The molecule has 0 amide bonds. The van der Waals surface area contributed by atoms with Gasteiger partial charge in [-0.05, 0) is 19.1 Å². The highest BCUT2D eigenvalue weighted by Gasteiger charge is 2.38. The maximum absolute atomic E-state index is 12.2. The van der Waals surface area contributed by atoms with Crippen LogP contribution in [0.3, 0.4) is 0 Å². The van der Waals surface area contributed by atoms with Crippen molar-refractivity contribution in [2.75, 3.05) is 17.4 Å². The van der Waals surface area contributed by atoms with Crippen molar-refractivity contribution in [1.82, 2.24) is 4.98 Å². The molecule has 24 heavy (non-hydrogen) atoms. The lowest BCUT2D eigenvalue weighted by molar-refractivity contribution is -0.144. The van der Waals surface area contributed by atoms with Crippen LogP contribution < -0.4 is 5.01 Å². The van der Waals surface area contributed by atoms with E-state index in [2.05, 4.69) is 10.1 Å². The third kappa shape index (κ3) is 3.36. The third-order valence-corrected chi connectivity index (χ3v) is 4.90. The lowest BCUT2D eigenvalue weighted by Gasteiger charge is -2.20. The van der Waals surface area contributed by atoms with Crippen molar-refractivity contribution in [2.45, 2.75) is 19.4 Å². The number of carbonyl (C=O) groups excluding carboxylic acids is 1. The molecule has 1 atom stereocenters. The fourth-order valence-electron chi connectivity index (χ4n) is 2.29. The van der Waals surface area contributed by atoms with Crippen LogP contribution in [0.15, 0.2) is 34.6 Å². The maximum Gasteiger partial charge on any atom is 0.331 e. The second-order valence-electron chi connectivity index (χ2n) is 5.11. The van der Waals surface area contributed by atoms with E-state index in [1.165, 1.54) is 11.2 Å². The molecule has 8 nitrogen and oxygen atoms in total. The van der Waals surface area contributed by atoms with E-state index >= 15 is 0 Å². The van der Waals surface area contributed by atoms with Crippen LogP contribution in [0, 0.1) is 0 Å². The van der Waals surface area contributed by atoms with Gasteiger partial charge < -0.3 is 9.47 Å². The molecule has 0 aromatic carbocycles. The first kappa shape index (κ1) is 16.7. The minimum Gasteiger partial charge on any atom is -0.464 e. The van der Waals surface area contributed by atoms with Gasteiger partial charge >= 0.3 is 5.97 Å².